The number of rotatable bonds is 4. The monoisotopic (exact) mass is 388 g/mol. The Morgan fingerprint density at radius 2 is 1.76 bits per heavy atom. The van der Waals surface area contributed by atoms with Crippen LogP contribution in [0.5, 0.6) is 0 Å². The van der Waals surface area contributed by atoms with E-state index in [1.165, 1.54) is 25.3 Å². The summed E-state index contributed by atoms with van der Waals surface area (Å²) in [4.78, 5) is 25.4. The van der Waals surface area contributed by atoms with E-state index in [1.54, 1.807) is 0 Å². The van der Waals surface area contributed by atoms with Gasteiger partial charge in [0.1, 0.15) is 23.9 Å². The highest BCUT2D eigenvalue weighted by molar-refractivity contribution is 6.42. The lowest BCUT2D eigenvalue weighted by Gasteiger charge is -2.22. The number of benzene rings is 2. The number of amides is 3. The van der Waals surface area contributed by atoms with Gasteiger partial charge in [0.05, 0.1) is 10.0 Å². The number of ether oxygens (including phenoxy) is 1. The Hall–Kier alpha value is -2.22. The van der Waals surface area contributed by atoms with E-state index >= 15 is 0 Å². The van der Waals surface area contributed by atoms with Crippen molar-refractivity contribution in [2.24, 2.45) is 0 Å². The molecule has 0 aliphatic carbocycles. The van der Waals surface area contributed by atoms with Crippen LogP contribution in [0.25, 0.3) is 0 Å². The number of hydrogen-bond acceptors (Lipinski definition) is 3. The maximum absolute atomic E-state index is 13.6. The van der Waals surface area contributed by atoms with Gasteiger partial charge in [-0.05, 0) is 30.3 Å². The molecule has 0 unspecified atom stereocenters. The minimum absolute atomic E-state index is 0.180. The number of hydrogen-bond donors (Lipinski definition) is 1. The highest BCUT2D eigenvalue weighted by Crippen LogP contribution is 2.27. The molecule has 2 rings (SSSR count). The number of nitrogens with one attached hydrogen (secondary N) is 1. The SMILES string of the molecule is COCN(C(=O)NC(=O)c1c(F)cccc1F)c1ccc(Cl)c(Cl)c1. The number of urea groups is 1. The van der Waals surface area contributed by atoms with Crippen LogP contribution in [0.4, 0.5) is 19.3 Å². The van der Waals surface area contributed by atoms with Crippen LogP contribution >= 0.6 is 23.2 Å². The fourth-order valence-corrected chi connectivity index (χ4v) is 2.27. The Bertz CT molecular complexity index is 798. The van der Waals surface area contributed by atoms with Gasteiger partial charge in [-0.3, -0.25) is 15.0 Å². The van der Waals surface area contributed by atoms with Gasteiger partial charge in [0, 0.05) is 12.8 Å². The smallest absolute Gasteiger partial charge is 0.330 e. The van der Waals surface area contributed by atoms with E-state index in [1.807, 2.05) is 5.32 Å². The average Bonchev–Trinajstić information content (AvgIpc) is 2.55. The summed E-state index contributed by atoms with van der Waals surface area (Å²) < 4.78 is 32.2. The van der Waals surface area contributed by atoms with E-state index in [0.29, 0.717) is 0 Å². The van der Waals surface area contributed by atoms with Crippen LogP contribution in [0, 0.1) is 11.6 Å². The van der Waals surface area contributed by atoms with Gasteiger partial charge in [-0.2, -0.15) is 0 Å². The molecule has 2 aromatic rings. The van der Waals surface area contributed by atoms with Crippen LogP contribution in [-0.2, 0) is 4.74 Å². The first-order chi connectivity index (χ1) is 11.8. The van der Waals surface area contributed by atoms with Crippen molar-refractivity contribution in [3.8, 4) is 0 Å². The van der Waals surface area contributed by atoms with Crippen molar-refractivity contribution < 1.29 is 23.1 Å². The lowest BCUT2D eigenvalue weighted by molar-refractivity contribution is 0.0955. The highest BCUT2D eigenvalue weighted by atomic mass is 35.5. The molecule has 0 aromatic heterocycles. The van der Waals surface area contributed by atoms with Gasteiger partial charge in [-0.1, -0.05) is 29.3 Å². The molecule has 0 saturated carbocycles. The number of carbonyl (C=O) groups is 2. The van der Waals surface area contributed by atoms with Crippen molar-refractivity contribution in [3.63, 3.8) is 0 Å². The number of anilines is 1. The number of carbonyl (C=O) groups excluding carboxylic acids is 2. The van der Waals surface area contributed by atoms with Gasteiger partial charge in [0.2, 0.25) is 0 Å². The highest BCUT2D eigenvalue weighted by Gasteiger charge is 2.23. The lowest BCUT2D eigenvalue weighted by atomic mass is 10.2. The van der Waals surface area contributed by atoms with Gasteiger partial charge >= 0.3 is 6.03 Å². The van der Waals surface area contributed by atoms with Crippen molar-refractivity contribution >= 4 is 40.8 Å². The Kier molecular flexibility index (Phi) is 6.30. The molecule has 3 amide bonds. The zero-order valence-electron chi connectivity index (χ0n) is 12.9. The summed E-state index contributed by atoms with van der Waals surface area (Å²) in [7, 11) is 1.33. The minimum Gasteiger partial charge on any atom is -0.364 e. The van der Waals surface area contributed by atoms with Crippen LogP contribution in [0.3, 0.4) is 0 Å². The third-order valence-electron chi connectivity index (χ3n) is 3.13. The molecule has 25 heavy (non-hydrogen) atoms. The van der Waals surface area contributed by atoms with Crippen LogP contribution in [-0.4, -0.2) is 25.8 Å². The molecular formula is C16H12Cl2F2N2O3. The van der Waals surface area contributed by atoms with Crippen molar-refractivity contribution in [2.75, 3.05) is 18.7 Å². The molecule has 0 saturated heterocycles. The third-order valence-corrected chi connectivity index (χ3v) is 3.87. The predicted molar refractivity (Wildman–Crippen MR) is 90.0 cm³/mol. The van der Waals surface area contributed by atoms with Crippen LogP contribution in [0.2, 0.25) is 10.0 Å². The molecule has 2 aromatic carbocycles. The first-order valence-corrected chi connectivity index (χ1v) is 7.61. The molecule has 0 spiro atoms. The summed E-state index contributed by atoms with van der Waals surface area (Å²) in [6.45, 7) is -0.239. The average molecular weight is 389 g/mol. The normalized spacial score (nSPS) is 10.4. The maximum Gasteiger partial charge on any atom is 0.330 e. The van der Waals surface area contributed by atoms with Gasteiger partial charge in [-0.15, -0.1) is 0 Å². The summed E-state index contributed by atoms with van der Waals surface area (Å²) in [5, 5.41) is 2.36. The Morgan fingerprint density at radius 1 is 1.12 bits per heavy atom. The zero-order chi connectivity index (χ0) is 18.6. The van der Waals surface area contributed by atoms with Gasteiger partial charge in [-0.25, -0.2) is 13.6 Å². The molecule has 0 atom stereocenters. The summed E-state index contributed by atoms with van der Waals surface area (Å²) in [5.41, 5.74) is -0.585. The van der Waals surface area contributed by atoms with Crippen LogP contribution in [0.1, 0.15) is 10.4 Å². The number of imide groups is 1. The first kappa shape index (κ1) is 19.1. The molecular weight excluding hydrogens is 377 g/mol. The third kappa shape index (κ3) is 4.45. The number of halogens is 4. The van der Waals surface area contributed by atoms with Crippen molar-refractivity contribution in [1.29, 1.82) is 0 Å². The van der Waals surface area contributed by atoms with Gasteiger partial charge in [0.15, 0.2) is 0 Å². The summed E-state index contributed by atoms with van der Waals surface area (Å²) in [6.07, 6.45) is 0. The summed E-state index contributed by atoms with van der Waals surface area (Å²) in [5.74, 6) is -3.39. The molecule has 0 aliphatic heterocycles. The second kappa shape index (κ2) is 8.24. The summed E-state index contributed by atoms with van der Waals surface area (Å²) in [6, 6.07) is 6.29. The Morgan fingerprint density at radius 3 is 2.32 bits per heavy atom. The van der Waals surface area contributed by atoms with E-state index in [9.17, 15) is 18.4 Å². The van der Waals surface area contributed by atoms with E-state index in [0.717, 1.165) is 23.1 Å². The van der Waals surface area contributed by atoms with E-state index in [4.69, 9.17) is 27.9 Å². The Balaban J connectivity index is 2.26. The zero-order valence-corrected chi connectivity index (χ0v) is 14.4. The lowest BCUT2D eigenvalue weighted by Crippen LogP contribution is -2.44. The first-order valence-electron chi connectivity index (χ1n) is 6.86. The number of nitrogens with zero attached hydrogens (tertiary/aromatic N) is 1. The Labute approximate surface area is 152 Å². The molecule has 0 aliphatic rings. The predicted octanol–water partition coefficient (Wildman–Crippen LogP) is 4.23. The van der Waals surface area contributed by atoms with Crippen molar-refractivity contribution in [3.05, 3.63) is 63.6 Å². The second-order valence-corrected chi connectivity index (χ2v) is 5.61. The minimum atomic E-state index is -1.22. The molecule has 1 N–H and O–H groups in total. The van der Waals surface area contributed by atoms with Gasteiger partial charge in [0.25, 0.3) is 5.91 Å². The standard InChI is InChI=1S/C16H12Cl2F2N2O3/c1-25-8-22(9-5-6-10(17)11(18)7-9)16(24)21-15(23)14-12(19)3-2-4-13(14)20/h2-7H,8H2,1H3,(H,21,23,24). The van der Waals surface area contributed by atoms with Crippen LogP contribution < -0.4 is 10.2 Å². The number of methoxy groups -OCH3 is 1. The molecule has 0 radical (unpaired) electrons. The largest absolute Gasteiger partial charge is 0.364 e. The molecule has 0 fully saturated rings. The van der Waals surface area contributed by atoms with E-state index in [2.05, 4.69) is 0 Å². The molecule has 132 valence electrons. The molecule has 5 nitrogen and oxygen atoms in total. The molecule has 0 heterocycles. The molecule has 0 bridgehead atoms. The fourth-order valence-electron chi connectivity index (χ4n) is 1.97. The van der Waals surface area contributed by atoms with Gasteiger partial charge < -0.3 is 4.74 Å². The molecule has 9 heteroatoms. The summed E-state index contributed by atoms with van der Waals surface area (Å²) >= 11 is 11.7. The quantitative estimate of drug-likeness (QED) is 0.797. The van der Waals surface area contributed by atoms with Crippen molar-refractivity contribution in [1.82, 2.24) is 5.32 Å². The second-order valence-electron chi connectivity index (χ2n) is 4.80. The van der Waals surface area contributed by atoms with Crippen molar-refractivity contribution in [2.45, 2.75) is 0 Å². The fraction of sp³-hybridized carbons (Fsp3) is 0.125. The maximum atomic E-state index is 13.6. The van der Waals surface area contributed by atoms with E-state index in [-0.39, 0.29) is 22.5 Å². The van der Waals surface area contributed by atoms with E-state index < -0.39 is 29.1 Å². The van der Waals surface area contributed by atoms with Crippen LogP contribution in [0.15, 0.2) is 36.4 Å². The topological polar surface area (TPSA) is 58.6 Å².